The number of nitrogens with zero attached hydrogens (tertiary/aromatic N) is 4. The number of ether oxygens (including phenoxy) is 1. The second kappa shape index (κ2) is 7.61. The van der Waals surface area contributed by atoms with Crippen molar-refractivity contribution in [1.29, 1.82) is 10.7 Å². The first-order valence-corrected chi connectivity index (χ1v) is 7.98. The molecule has 0 aliphatic carbocycles. The Balaban J connectivity index is 2.58. The van der Waals surface area contributed by atoms with E-state index < -0.39 is 11.9 Å². The van der Waals surface area contributed by atoms with E-state index in [2.05, 4.69) is 10.1 Å². The molecule has 0 unspecified atom stereocenters. The van der Waals surface area contributed by atoms with Crippen LogP contribution in [0.25, 0.3) is 5.57 Å². The average molecular weight is 377 g/mol. The fourth-order valence-electron chi connectivity index (χ4n) is 2.44. The molecule has 1 N–H and O–H groups in total. The van der Waals surface area contributed by atoms with Crippen LogP contribution in [0.15, 0.2) is 24.4 Å². The number of rotatable bonds is 4. The third-order valence-corrected chi connectivity index (χ3v) is 3.62. The number of methoxy groups -OCH3 is 1. The van der Waals surface area contributed by atoms with Crippen LogP contribution in [-0.2, 0) is 6.18 Å². The Morgan fingerprint density at radius 1 is 1.37 bits per heavy atom. The van der Waals surface area contributed by atoms with Crippen molar-refractivity contribution in [2.75, 3.05) is 7.11 Å². The van der Waals surface area contributed by atoms with E-state index in [1.54, 1.807) is 6.08 Å². The topological polar surface area (TPSA) is 87.6 Å². The van der Waals surface area contributed by atoms with Gasteiger partial charge in [0.25, 0.3) is 0 Å². The summed E-state index contributed by atoms with van der Waals surface area (Å²) in [6, 6.07) is 4.32. The fraction of sp³-hybridized carbons (Fsp3) is 0.333. The fourth-order valence-corrected chi connectivity index (χ4v) is 2.44. The molecular weight excluding hydrogens is 359 g/mol. The van der Waals surface area contributed by atoms with Crippen molar-refractivity contribution >= 4 is 11.4 Å². The summed E-state index contributed by atoms with van der Waals surface area (Å²) in [7, 11) is 1.38. The van der Waals surface area contributed by atoms with Crippen molar-refractivity contribution in [2.45, 2.75) is 26.9 Å². The SMILES string of the molecule is COc1ncc(/C(=C/C(C)C)C(=N)n2nc(C(F)(F)F)cc2C)cc1C#N. The van der Waals surface area contributed by atoms with Crippen molar-refractivity contribution < 1.29 is 17.9 Å². The van der Waals surface area contributed by atoms with Gasteiger partial charge in [-0.05, 0) is 25.0 Å². The van der Waals surface area contributed by atoms with Gasteiger partial charge in [0, 0.05) is 23.0 Å². The highest BCUT2D eigenvalue weighted by Crippen LogP contribution is 2.29. The number of pyridine rings is 1. The molecule has 2 aromatic rings. The first-order chi connectivity index (χ1) is 12.6. The van der Waals surface area contributed by atoms with Crippen molar-refractivity contribution in [1.82, 2.24) is 14.8 Å². The Morgan fingerprint density at radius 2 is 2.04 bits per heavy atom. The highest BCUT2D eigenvalue weighted by molar-refractivity contribution is 6.22. The lowest BCUT2D eigenvalue weighted by molar-refractivity contribution is -0.141. The number of aryl methyl sites for hydroxylation is 1. The lowest BCUT2D eigenvalue weighted by atomic mass is 10.0. The van der Waals surface area contributed by atoms with Gasteiger partial charge in [0.05, 0.1) is 7.11 Å². The highest BCUT2D eigenvalue weighted by atomic mass is 19.4. The van der Waals surface area contributed by atoms with E-state index in [0.717, 1.165) is 10.7 Å². The standard InChI is InChI=1S/C18H18F3N5O/c1-10(2)5-14(13-7-12(8-22)17(27-4)24-9-13)16(23)26-11(3)6-15(25-26)18(19,20)21/h5-7,9-10,23H,1-4H3/b14-5-,23-16?. The van der Waals surface area contributed by atoms with E-state index in [1.165, 1.54) is 26.3 Å². The molecule has 0 spiro atoms. The molecule has 0 fully saturated rings. The molecule has 0 aliphatic rings. The first kappa shape index (κ1) is 20.2. The number of allylic oxidation sites excluding steroid dienone is 2. The summed E-state index contributed by atoms with van der Waals surface area (Å²) in [5, 5.41) is 21.2. The molecule has 2 aromatic heterocycles. The van der Waals surface area contributed by atoms with Gasteiger partial charge in [0.1, 0.15) is 11.6 Å². The summed E-state index contributed by atoms with van der Waals surface area (Å²) in [5.74, 6) is -0.121. The molecule has 6 nitrogen and oxygen atoms in total. The molecular formula is C18H18F3N5O. The maximum atomic E-state index is 12.9. The Morgan fingerprint density at radius 3 is 2.52 bits per heavy atom. The molecule has 0 atom stereocenters. The van der Waals surface area contributed by atoms with Gasteiger partial charge in [-0.25, -0.2) is 9.67 Å². The summed E-state index contributed by atoms with van der Waals surface area (Å²) in [6.45, 7) is 5.18. The third kappa shape index (κ3) is 4.34. The minimum Gasteiger partial charge on any atom is -0.480 e. The summed E-state index contributed by atoms with van der Waals surface area (Å²) in [4.78, 5) is 4.05. The number of nitrogens with one attached hydrogen (secondary N) is 1. The van der Waals surface area contributed by atoms with E-state index in [-0.39, 0.29) is 28.9 Å². The van der Waals surface area contributed by atoms with Crippen molar-refractivity contribution in [3.63, 3.8) is 0 Å². The summed E-state index contributed by atoms with van der Waals surface area (Å²) in [5.41, 5.74) is -0.0140. The van der Waals surface area contributed by atoms with Crippen molar-refractivity contribution in [3.8, 4) is 11.9 Å². The first-order valence-electron chi connectivity index (χ1n) is 7.98. The molecule has 0 saturated carbocycles. The van der Waals surface area contributed by atoms with Crippen molar-refractivity contribution in [3.05, 3.63) is 46.9 Å². The Hall–Kier alpha value is -3.15. The van der Waals surface area contributed by atoms with Gasteiger partial charge < -0.3 is 4.74 Å². The van der Waals surface area contributed by atoms with E-state index in [0.29, 0.717) is 11.1 Å². The minimum absolute atomic E-state index is 0.00839. The van der Waals surface area contributed by atoms with Crippen LogP contribution in [0.3, 0.4) is 0 Å². The van der Waals surface area contributed by atoms with Crippen molar-refractivity contribution in [2.24, 2.45) is 5.92 Å². The normalized spacial score (nSPS) is 12.2. The molecule has 142 valence electrons. The van der Waals surface area contributed by atoms with Gasteiger partial charge in [-0.1, -0.05) is 19.9 Å². The maximum absolute atomic E-state index is 12.9. The number of hydrogen-bond acceptors (Lipinski definition) is 5. The van der Waals surface area contributed by atoms with E-state index in [4.69, 9.17) is 10.1 Å². The number of halogens is 3. The summed E-state index contributed by atoms with van der Waals surface area (Å²) >= 11 is 0. The zero-order valence-electron chi connectivity index (χ0n) is 15.2. The molecule has 2 heterocycles. The van der Waals surface area contributed by atoms with E-state index in [1.807, 2.05) is 19.9 Å². The van der Waals surface area contributed by atoms with Crippen LogP contribution >= 0.6 is 0 Å². The minimum atomic E-state index is -4.60. The van der Waals surface area contributed by atoms with Crippen LogP contribution in [-0.4, -0.2) is 27.7 Å². The number of nitriles is 1. The Labute approximate surface area is 154 Å². The van der Waals surface area contributed by atoms with Gasteiger partial charge >= 0.3 is 6.18 Å². The number of hydrogen-bond donors (Lipinski definition) is 1. The smallest absolute Gasteiger partial charge is 0.435 e. The van der Waals surface area contributed by atoms with Gasteiger partial charge in [0.2, 0.25) is 5.88 Å². The average Bonchev–Trinajstić information content (AvgIpc) is 3.00. The van der Waals surface area contributed by atoms with E-state index in [9.17, 15) is 18.4 Å². The molecule has 0 bridgehead atoms. The zero-order valence-corrected chi connectivity index (χ0v) is 15.2. The molecule has 0 aromatic carbocycles. The molecule has 0 radical (unpaired) electrons. The quantitative estimate of drug-likeness (QED) is 0.643. The van der Waals surface area contributed by atoms with Crippen LogP contribution in [0.1, 0.15) is 36.4 Å². The molecule has 9 heteroatoms. The molecule has 27 heavy (non-hydrogen) atoms. The molecule has 0 saturated heterocycles. The summed E-state index contributed by atoms with van der Waals surface area (Å²) in [6.07, 6.45) is -1.48. The second-order valence-corrected chi connectivity index (χ2v) is 6.15. The highest BCUT2D eigenvalue weighted by Gasteiger charge is 2.35. The summed E-state index contributed by atoms with van der Waals surface area (Å²) < 4.78 is 44.8. The van der Waals surface area contributed by atoms with Gasteiger partial charge in [0.15, 0.2) is 11.5 Å². The van der Waals surface area contributed by atoms with E-state index >= 15 is 0 Å². The molecule has 0 amide bonds. The maximum Gasteiger partial charge on any atom is 0.435 e. The van der Waals surface area contributed by atoms with Crippen LogP contribution < -0.4 is 4.74 Å². The monoisotopic (exact) mass is 377 g/mol. The Kier molecular flexibility index (Phi) is 5.69. The number of alkyl halides is 3. The number of aromatic nitrogens is 3. The van der Waals surface area contributed by atoms with Gasteiger partial charge in [-0.2, -0.15) is 23.5 Å². The predicted molar refractivity (Wildman–Crippen MR) is 93.4 cm³/mol. The predicted octanol–water partition coefficient (Wildman–Crippen LogP) is 4.05. The van der Waals surface area contributed by atoms with Crippen LogP contribution in [0.4, 0.5) is 13.2 Å². The zero-order chi connectivity index (χ0) is 20.4. The largest absolute Gasteiger partial charge is 0.480 e. The molecule has 0 aliphatic heterocycles. The second-order valence-electron chi connectivity index (χ2n) is 6.15. The van der Waals surface area contributed by atoms with Crippen LogP contribution in [0.5, 0.6) is 5.88 Å². The Bertz CT molecular complexity index is 935. The molecule has 2 rings (SSSR count). The third-order valence-electron chi connectivity index (χ3n) is 3.62. The van der Waals surface area contributed by atoms with Crippen LogP contribution in [0.2, 0.25) is 0 Å². The van der Waals surface area contributed by atoms with Gasteiger partial charge in [-0.15, -0.1) is 0 Å². The lowest BCUT2D eigenvalue weighted by Gasteiger charge is -2.14. The lowest BCUT2D eigenvalue weighted by Crippen LogP contribution is -2.18. The van der Waals surface area contributed by atoms with Crippen LogP contribution in [0, 0.1) is 29.6 Å². The van der Waals surface area contributed by atoms with Gasteiger partial charge in [-0.3, -0.25) is 5.41 Å².